The number of phenols is 2. The largest absolute Gasteiger partial charge is 0.504 e. The lowest BCUT2D eigenvalue weighted by Crippen LogP contribution is -2.44. The van der Waals surface area contributed by atoms with E-state index in [0.717, 1.165) is 49.3 Å². The molecule has 1 atom stereocenters. The van der Waals surface area contributed by atoms with E-state index < -0.39 is 5.41 Å². The zero-order valence-corrected chi connectivity index (χ0v) is 19.8. The minimum absolute atomic E-state index is 0.0786. The molecule has 0 spiro atoms. The summed E-state index contributed by atoms with van der Waals surface area (Å²) in [5.74, 6) is 0.415. The first kappa shape index (κ1) is 22.3. The number of nitrogens with zero attached hydrogens (tertiary/aromatic N) is 2. The highest BCUT2D eigenvalue weighted by molar-refractivity contribution is 6.01. The molecular weight excluding hydrogens is 432 g/mol. The third-order valence-electron chi connectivity index (χ3n) is 7.19. The summed E-state index contributed by atoms with van der Waals surface area (Å²) in [5.41, 5.74) is 11.9. The molecule has 2 aliphatic heterocycles. The third-order valence-corrected chi connectivity index (χ3v) is 7.19. The maximum atomic E-state index is 13.2. The van der Waals surface area contributed by atoms with Crippen molar-refractivity contribution in [2.24, 2.45) is 10.5 Å². The van der Waals surface area contributed by atoms with Gasteiger partial charge in [-0.1, -0.05) is 26.8 Å². The predicted molar refractivity (Wildman–Crippen MR) is 132 cm³/mol. The second-order valence-electron chi connectivity index (χ2n) is 10.5. The average Bonchev–Trinajstić information content (AvgIpc) is 3.27. The third kappa shape index (κ3) is 4.00. The maximum Gasteiger partial charge on any atom is 0.235 e. The van der Waals surface area contributed by atoms with Crippen LogP contribution in [0.4, 0.5) is 11.4 Å². The maximum absolute atomic E-state index is 13.2. The van der Waals surface area contributed by atoms with E-state index in [1.54, 1.807) is 6.07 Å². The minimum Gasteiger partial charge on any atom is -0.504 e. The Morgan fingerprint density at radius 2 is 1.97 bits per heavy atom. The molecule has 9 nitrogen and oxygen atoms in total. The van der Waals surface area contributed by atoms with Crippen LogP contribution in [0.1, 0.15) is 51.2 Å². The van der Waals surface area contributed by atoms with Gasteiger partial charge in [-0.25, -0.2) is 5.53 Å². The van der Waals surface area contributed by atoms with Crippen molar-refractivity contribution in [3.8, 4) is 11.5 Å². The van der Waals surface area contributed by atoms with E-state index in [0.29, 0.717) is 6.04 Å². The fourth-order valence-corrected chi connectivity index (χ4v) is 5.06. The van der Waals surface area contributed by atoms with Gasteiger partial charge in [-0.2, -0.15) is 0 Å². The summed E-state index contributed by atoms with van der Waals surface area (Å²) >= 11 is 0. The summed E-state index contributed by atoms with van der Waals surface area (Å²) in [6.45, 7) is 7.62. The molecule has 2 heterocycles. The average molecular weight is 465 g/mol. The summed E-state index contributed by atoms with van der Waals surface area (Å²) < 4.78 is 0. The van der Waals surface area contributed by atoms with Gasteiger partial charge in [0, 0.05) is 30.4 Å². The number of hydrogen-bond donors (Lipinski definition) is 6. The molecule has 0 radical (unpaired) electrons. The Kier molecular flexibility index (Phi) is 5.31. The fourth-order valence-electron chi connectivity index (χ4n) is 5.06. The van der Waals surface area contributed by atoms with Crippen molar-refractivity contribution in [2.45, 2.75) is 57.9 Å². The molecule has 1 unspecified atom stereocenters. The van der Waals surface area contributed by atoms with Crippen molar-refractivity contribution in [1.82, 2.24) is 16.5 Å². The van der Waals surface area contributed by atoms with Crippen LogP contribution in [0.2, 0.25) is 0 Å². The van der Waals surface area contributed by atoms with Crippen LogP contribution >= 0.6 is 0 Å². The number of phenolic OH excluding ortho intramolecular Hbond substituents is 2. The normalized spacial score (nSPS) is 20.3. The SMILES string of the molecule is CC(C)(C)C1Cc2cc(NC(=O)C3(c4ccc(O)c(O)c4)CC3)ccc2N1CCC1=NNNN1. The van der Waals surface area contributed by atoms with E-state index in [9.17, 15) is 15.0 Å². The first-order chi connectivity index (χ1) is 16.2. The number of aromatic hydroxyl groups is 2. The summed E-state index contributed by atoms with van der Waals surface area (Å²) in [4.78, 5) is 15.7. The molecule has 1 fully saturated rings. The van der Waals surface area contributed by atoms with Crippen LogP contribution in [0.15, 0.2) is 41.5 Å². The monoisotopic (exact) mass is 464 g/mol. The van der Waals surface area contributed by atoms with Gasteiger partial charge in [0.2, 0.25) is 5.91 Å². The highest BCUT2D eigenvalue weighted by atomic mass is 16.3. The van der Waals surface area contributed by atoms with Crippen LogP contribution in [-0.4, -0.2) is 34.5 Å². The van der Waals surface area contributed by atoms with Crippen molar-refractivity contribution < 1.29 is 15.0 Å². The van der Waals surface area contributed by atoms with Gasteiger partial charge in [0.25, 0.3) is 0 Å². The Hall–Kier alpha value is -3.46. The predicted octanol–water partition coefficient (Wildman–Crippen LogP) is 2.86. The van der Waals surface area contributed by atoms with Crippen molar-refractivity contribution >= 4 is 23.1 Å². The molecule has 3 aliphatic rings. The van der Waals surface area contributed by atoms with Gasteiger partial charge >= 0.3 is 0 Å². The first-order valence-corrected chi connectivity index (χ1v) is 11.7. The van der Waals surface area contributed by atoms with Gasteiger partial charge in [0.1, 0.15) is 5.84 Å². The second kappa shape index (κ2) is 8.09. The molecule has 0 saturated heterocycles. The zero-order chi connectivity index (χ0) is 24.1. The van der Waals surface area contributed by atoms with Crippen molar-refractivity contribution in [3.05, 3.63) is 47.5 Å². The summed E-state index contributed by atoms with van der Waals surface area (Å²) in [5, 5.41) is 26.8. The number of benzene rings is 2. The Labute approximate surface area is 199 Å². The van der Waals surface area contributed by atoms with Gasteiger partial charge in [-0.05, 0) is 66.1 Å². The lowest BCUT2D eigenvalue weighted by Gasteiger charge is -2.37. The van der Waals surface area contributed by atoms with Gasteiger partial charge in [0.15, 0.2) is 11.5 Å². The number of hydrogen-bond acceptors (Lipinski definition) is 8. The number of hydrazone groups is 1. The van der Waals surface area contributed by atoms with E-state index in [1.165, 1.54) is 23.4 Å². The number of fused-ring (bicyclic) bond motifs is 1. The number of carbonyl (C=O) groups excluding carboxylic acids is 1. The van der Waals surface area contributed by atoms with Gasteiger partial charge in [-0.3, -0.25) is 10.2 Å². The summed E-state index contributed by atoms with van der Waals surface area (Å²) in [7, 11) is 0. The summed E-state index contributed by atoms with van der Waals surface area (Å²) in [6.07, 6.45) is 3.13. The number of carbonyl (C=O) groups is 1. The van der Waals surface area contributed by atoms with Crippen molar-refractivity contribution in [2.75, 3.05) is 16.8 Å². The quantitative estimate of drug-likeness (QED) is 0.364. The van der Waals surface area contributed by atoms with E-state index in [1.807, 2.05) is 6.07 Å². The molecule has 180 valence electrons. The van der Waals surface area contributed by atoms with E-state index in [-0.39, 0.29) is 22.8 Å². The number of hydrazine groups is 2. The number of nitrogens with one attached hydrogen (secondary N) is 4. The van der Waals surface area contributed by atoms with Crippen LogP contribution in [0.25, 0.3) is 0 Å². The molecule has 1 saturated carbocycles. The lowest BCUT2D eigenvalue weighted by molar-refractivity contribution is -0.118. The van der Waals surface area contributed by atoms with Crippen molar-refractivity contribution in [1.29, 1.82) is 0 Å². The minimum atomic E-state index is -0.652. The van der Waals surface area contributed by atoms with E-state index >= 15 is 0 Å². The molecule has 0 aromatic heterocycles. The topological polar surface area (TPSA) is 121 Å². The molecule has 2 aromatic rings. The molecule has 2 aromatic carbocycles. The van der Waals surface area contributed by atoms with Gasteiger partial charge < -0.3 is 20.4 Å². The van der Waals surface area contributed by atoms with Crippen LogP contribution < -0.4 is 26.7 Å². The van der Waals surface area contributed by atoms with Crippen LogP contribution in [0.3, 0.4) is 0 Å². The molecular formula is C25H32N6O3. The standard InChI is InChI=1S/C25H32N6O3/c1-24(2,3)21-13-15-12-17(5-6-18(15)31(21)11-8-22-27-29-30-28-22)26-23(34)25(9-10-25)16-4-7-19(32)20(33)14-16/h4-7,12,14,21,29-30,32-33H,8-11,13H2,1-3H3,(H,26,34)(H,27,28). The fraction of sp³-hybridized carbons (Fsp3) is 0.440. The second-order valence-corrected chi connectivity index (χ2v) is 10.5. The molecule has 0 bridgehead atoms. The number of anilines is 2. The first-order valence-electron chi connectivity index (χ1n) is 11.7. The smallest absolute Gasteiger partial charge is 0.235 e. The van der Waals surface area contributed by atoms with E-state index in [2.05, 4.69) is 64.7 Å². The highest BCUT2D eigenvalue weighted by Crippen LogP contribution is 2.50. The molecule has 1 amide bonds. The van der Waals surface area contributed by atoms with Crippen LogP contribution in [-0.2, 0) is 16.6 Å². The molecule has 6 N–H and O–H groups in total. The Balaban J connectivity index is 1.34. The Morgan fingerprint density at radius 1 is 1.18 bits per heavy atom. The highest BCUT2D eigenvalue weighted by Gasteiger charge is 2.51. The molecule has 1 aliphatic carbocycles. The lowest BCUT2D eigenvalue weighted by atomic mass is 9.84. The molecule has 34 heavy (non-hydrogen) atoms. The molecule has 5 rings (SSSR count). The number of rotatable bonds is 6. The zero-order valence-electron chi connectivity index (χ0n) is 19.8. The van der Waals surface area contributed by atoms with Crippen molar-refractivity contribution in [3.63, 3.8) is 0 Å². The van der Waals surface area contributed by atoms with Gasteiger partial charge in [0.05, 0.1) is 5.41 Å². The Morgan fingerprint density at radius 3 is 2.62 bits per heavy atom. The Bertz CT molecular complexity index is 1150. The summed E-state index contributed by atoms with van der Waals surface area (Å²) in [6, 6.07) is 11.1. The number of amides is 1. The van der Waals surface area contributed by atoms with Crippen LogP contribution in [0, 0.1) is 5.41 Å². The van der Waals surface area contributed by atoms with E-state index in [4.69, 9.17) is 0 Å². The van der Waals surface area contributed by atoms with Crippen LogP contribution in [0.5, 0.6) is 11.5 Å². The molecule has 9 heteroatoms. The number of amidine groups is 1. The van der Waals surface area contributed by atoms with Gasteiger partial charge in [-0.15, -0.1) is 10.6 Å².